The highest BCUT2D eigenvalue weighted by Gasteiger charge is 2.07. The van der Waals surface area contributed by atoms with Crippen LogP contribution in [0.4, 0.5) is 5.82 Å². The highest BCUT2D eigenvalue weighted by atomic mass is 79.9. The van der Waals surface area contributed by atoms with Gasteiger partial charge in [0, 0.05) is 25.4 Å². The number of anilines is 1. The van der Waals surface area contributed by atoms with Gasteiger partial charge in [0.2, 0.25) is 0 Å². The predicted molar refractivity (Wildman–Crippen MR) is 84.3 cm³/mol. The van der Waals surface area contributed by atoms with Gasteiger partial charge in [0.15, 0.2) is 0 Å². The number of hydrogen-bond donors (Lipinski definition) is 1. The molecule has 0 fully saturated rings. The van der Waals surface area contributed by atoms with Crippen LogP contribution in [0.1, 0.15) is 11.1 Å². The van der Waals surface area contributed by atoms with Crippen LogP contribution in [0, 0.1) is 0 Å². The zero-order valence-corrected chi connectivity index (χ0v) is 13.0. The lowest BCUT2D eigenvalue weighted by molar-refractivity contribution is 0.901. The largest absolute Gasteiger partial charge is 0.389 e. The zero-order chi connectivity index (χ0) is 13.1. The van der Waals surface area contributed by atoms with Crippen molar-refractivity contribution in [1.29, 1.82) is 0 Å². The summed E-state index contributed by atoms with van der Waals surface area (Å²) in [6, 6.07) is 5.84. The van der Waals surface area contributed by atoms with Crippen LogP contribution >= 0.6 is 39.5 Å². The van der Waals surface area contributed by atoms with Gasteiger partial charge in [0.05, 0.1) is 3.79 Å². The molecule has 0 radical (unpaired) electrons. The van der Waals surface area contributed by atoms with Crippen molar-refractivity contribution in [2.75, 3.05) is 11.9 Å². The van der Waals surface area contributed by atoms with Gasteiger partial charge in [0.1, 0.15) is 10.8 Å². The van der Waals surface area contributed by atoms with E-state index >= 15 is 0 Å². The summed E-state index contributed by atoms with van der Waals surface area (Å²) in [5.74, 6) is 0.864. The van der Waals surface area contributed by atoms with Crippen LogP contribution < -0.4 is 10.6 Å². The van der Waals surface area contributed by atoms with E-state index in [1.807, 2.05) is 19.2 Å². The average Bonchev–Trinajstić information content (AvgIpc) is 2.75. The second-order valence-corrected chi connectivity index (χ2v) is 6.61. The summed E-state index contributed by atoms with van der Waals surface area (Å²) in [6.45, 7) is 0.801. The molecule has 0 aliphatic heterocycles. The van der Waals surface area contributed by atoms with Gasteiger partial charge in [-0.2, -0.15) is 0 Å². The number of nitrogens with zero attached hydrogens (tertiary/aromatic N) is 2. The second kappa shape index (κ2) is 5.77. The van der Waals surface area contributed by atoms with Crippen LogP contribution in [-0.2, 0) is 6.54 Å². The van der Waals surface area contributed by atoms with Crippen molar-refractivity contribution in [3.05, 3.63) is 44.7 Å². The van der Waals surface area contributed by atoms with Crippen molar-refractivity contribution in [3.8, 4) is 0 Å². The van der Waals surface area contributed by atoms with Gasteiger partial charge in [0.25, 0.3) is 0 Å². The van der Waals surface area contributed by atoms with E-state index in [1.165, 1.54) is 5.56 Å². The number of rotatable bonds is 4. The van der Waals surface area contributed by atoms with Crippen molar-refractivity contribution >= 4 is 50.3 Å². The van der Waals surface area contributed by atoms with Crippen molar-refractivity contribution in [1.82, 2.24) is 4.98 Å². The molecule has 2 heterocycles. The minimum absolute atomic E-state index is 0.394. The molecule has 0 aliphatic carbocycles. The lowest BCUT2D eigenvalue weighted by atomic mass is 10.2. The summed E-state index contributed by atoms with van der Waals surface area (Å²) in [4.78, 5) is 6.79. The number of thiocarbonyl (C=S) groups is 1. The second-order valence-electron chi connectivity index (χ2n) is 3.88. The molecule has 0 aliphatic rings. The molecule has 0 atom stereocenters. The molecule has 0 bridgehead atoms. The van der Waals surface area contributed by atoms with Gasteiger partial charge < -0.3 is 10.6 Å². The van der Waals surface area contributed by atoms with Gasteiger partial charge in [-0.15, -0.1) is 11.3 Å². The van der Waals surface area contributed by atoms with E-state index < -0.39 is 0 Å². The Morgan fingerprint density at radius 3 is 2.94 bits per heavy atom. The summed E-state index contributed by atoms with van der Waals surface area (Å²) in [7, 11) is 2.00. The third kappa shape index (κ3) is 3.28. The molecule has 0 unspecified atom stereocenters. The van der Waals surface area contributed by atoms with Gasteiger partial charge >= 0.3 is 0 Å². The van der Waals surface area contributed by atoms with E-state index in [-0.39, 0.29) is 0 Å². The van der Waals surface area contributed by atoms with E-state index in [4.69, 9.17) is 18.0 Å². The number of pyridine rings is 1. The van der Waals surface area contributed by atoms with Gasteiger partial charge in [-0.1, -0.05) is 12.2 Å². The molecule has 18 heavy (non-hydrogen) atoms. The number of thiophene rings is 1. The zero-order valence-electron chi connectivity index (χ0n) is 9.76. The lowest BCUT2D eigenvalue weighted by Gasteiger charge is -2.17. The summed E-state index contributed by atoms with van der Waals surface area (Å²) in [6.07, 6.45) is 1.73. The van der Waals surface area contributed by atoms with Crippen LogP contribution in [-0.4, -0.2) is 17.0 Å². The van der Waals surface area contributed by atoms with Crippen LogP contribution in [0.15, 0.2) is 33.6 Å². The number of halogens is 1. The fourth-order valence-corrected chi connectivity index (χ4v) is 2.89. The average molecular weight is 342 g/mol. The number of aromatic nitrogens is 1. The Morgan fingerprint density at radius 2 is 2.33 bits per heavy atom. The molecule has 2 aromatic heterocycles. The SMILES string of the molecule is CN(Cc1csc(Br)c1)c1cc(C(N)=S)ccn1. The maximum absolute atomic E-state index is 5.62. The van der Waals surface area contributed by atoms with Crippen LogP contribution in [0.2, 0.25) is 0 Å². The standard InChI is InChI=1S/C12H12BrN3S2/c1-16(6-8-4-10(13)18-7-8)11-5-9(12(14)17)2-3-15-11/h2-5,7H,6H2,1H3,(H2,14,17). The van der Waals surface area contributed by atoms with Crippen molar-refractivity contribution in [2.24, 2.45) is 5.73 Å². The van der Waals surface area contributed by atoms with Crippen LogP contribution in [0.3, 0.4) is 0 Å². The highest BCUT2D eigenvalue weighted by Crippen LogP contribution is 2.22. The maximum atomic E-state index is 5.62. The first-order valence-corrected chi connectivity index (χ1v) is 7.34. The molecule has 0 saturated carbocycles. The summed E-state index contributed by atoms with van der Waals surface area (Å²) < 4.78 is 1.13. The van der Waals surface area contributed by atoms with E-state index in [2.05, 4.69) is 37.3 Å². The first-order valence-electron chi connectivity index (χ1n) is 5.26. The van der Waals surface area contributed by atoms with E-state index in [0.29, 0.717) is 4.99 Å². The fourth-order valence-electron chi connectivity index (χ4n) is 1.56. The third-order valence-electron chi connectivity index (χ3n) is 2.46. The lowest BCUT2D eigenvalue weighted by Crippen LogP contribution is -2.18. The molecule has 0 amide bonds. The minimum atomic E-state index is 0.394. The first kappa shape index (κ1) is 13.5. The smallest absolute Gasteiger partial charge is 0.129 e. The maximum Gasteiger partial charge on any atom is 0.129 e. The molecule has 0 aromatic carbocycles. The minimum Gasteiger partial charge on any atom is -0.389 e. The van der Waals surface area contributed by atoms with E-state index in [1.54, 1.807) is 17.5 Å². The molecular formula is C12H12BrN3S2. The summed E-state index contributed by atoms with van der Waals surface area (Å²) in [5.41, 5.74) is 7.71. The predicted octanol–water partition coefficient (Wildman–Crippen LogP) is 3.18. The first-order chi connectivity index (χ1) is 8.56. The Balaban J connectivity index is 2.15. The molecule has 2 N–H and O–H groups in total. The van der Waals surface area contributed by atoms with Gasteiger partial charge in [-0.25, -0.2) is 4.98 Å². The highest BCUT2D eigenvalue weighted by molar-refractivity contribution is 9.11. The Morgan fingerprint density at radius 1 is 1.56 bits per heavy atom. The van der Waals surface area contributed by atoms with Crippen molar-refractivity contribution in [3.63, 3.8) is 0 Å². The fraction of sp³-hybridized carbons (Fsp3) is 0.167. The Kier molecular flexibility index (Phi) is 4.31. The van der Waals surface area contributed by atoms with Crippen molar-refractivity contribution in [2.45, 2.75) is 6.54 Å². The monoisotopic (exact) mass is 341 g/mol. The Bertz CT molecular complexity index is 568. The van der Waals surface area contributed by atoms with Gasteiger partial charge in [-0.3, -0.25) is 0 Å². The van der Waals surface area contributed by atoms with Crippen LogP contribution in [0.5, 0.6) is 0 Å². The molecule has 2 rings (SSSR count). The topological polar surface area (TPSA) is 42.1 Å². The summed E-state index contributed by atoms with van der Waals surface area (Å²) in [5, 5.41) is 2.12. The van der Waals surface area contributed by atoms with Crippen LogP contribution in [0.25, 0.3) is 0 Å². The van der Waals surface area contributed by atoms with E-state index in [9.17, 15) is 0 Å². The van der Waals surface area contributed by atoms with E-state index in [0.717, 1.165) is 21.7 Å². The normalized spacial score (nSPS) is 10.3. The van der Waals surface area contributed by atoms with Crippen molar-refractivity contribution < 1.29 is 0 Å². The Labute approximate surface area is 124 Å². The third-order valence-corrected chi connectivity index (χ3v) is 4.25. The quantitative estimate of drug-likeness (QED) is 0.867. The molecule has 2 aromatic rings. The molecule has 94 valence electrons. The molecule has 6 heteroatoms. The summed E-state index contributed by atoms with van der Waals surface area (Å²) >= 11 is 10.1. The molecule has 0 saturated heterocycles. The molecule has 3 nitrogen and oxygen atoms in total. The Hall–Kier alpha value is -0.980. The number of nitrogens with two attached hydrogens (primary N) is 1. The van der Waals surface area contributed by atoms with Gasteiger partial charge in [-0.05, 0) is 45.1 Å². The molecule has 0 spiro atoms. The molecular weight excluding hydrogens is 330 g/mol. The number of hydrogen-bond acceptors (Lipinski definition) is 4.